The van der Waals surface area contributed by atoms with Gasteiger partial charge in [0.25, 0.3) is 5.91 Å². The van der Waals surface area contributed by atoms with Crippen molar-refractivity contribution in [1.82, 2.24) is 5.32 Å². The van der Waals surface area contributed by atoms with Crippen LogP contribution in [0, 0.1) is 12.8 Å². The molecular weight excluding hydrogens is 514 g/mol. The van der Waals surface area contributed by atoms with Crippen molar-refractivity contribution in [3.63, 3.8) is 0 Å². The van der Waals surface area contributed by atoms with Crippen LogP contribution < -0.4 is 16.0 Å². The molecule has 1 atom stereocenters. The molecule has 1 unspecified atom stereocenters. The van der Waals surface area contributed by atoms with E-state index in [1.54, 1.807) is 24.3 Å². The lowest BCUT2D eigenvalue weighted by Crippen LogP contribution is -2.51. The molecule has 7 nitrogen and oxygen atoms in total. The maximum atomic E-state index is 13.0. The fourth-order valence-electron chi connectivity index (χ4n) is 6.06. The maximum absolute atomic E-state index is 13.0. The Kier molecular flexibility index (Phi) is 8.34. The standard InChI is InChI=1S/C34H37N3O4/c1-3-34(20-19-30(38)37-33(34)41)26-14-17-27(18-15-26)35-32(40)25-12-10-23(11-13-25)29-21-28(16-9-22(29)2)36-31(39)24-7-5-4-6-8-24/h9-18,21,24H,3-8,19-20H2,1-2H3,(H,35,40)(H,36,39)(H,37,38,41). The van der Waals surface area contributed by atoms with Crippen molar-refractivity contribution in [3.8, 4) is 11.1 Å². The molecule has 0 bridgehead atoms. The molecule has 3 N–H and O–H groups in total. The van der Waals surface area contributed by atoms with Crippen LogP contribution in [0.15, 0.2) is 66.7 Å². The van der Waals surface area contributed by atoms with E-state index in [1.165, 1.54) is 6.42 Å². The van der Waals surface area contributed by atoms with Gasteiger partial charge in [0.2, 0.25) is 17.7 Å². The van der Waals surface area contributed by atoms with Gasteiger partial charge in [-0.1, -0.05) is 56.5 Å². The highest BCUT2D eigenvalue weighted by atomic mass is 16.2. The summed E-state index contributed by atoms with van der Waals surface area (Å²) in [5.74, 6) is -0.547. The Morgan fingerprint density at radius 2 is 1.56 bits per heavy atom. The molecule has 41 heavy (non-hydrogen) atoms. The first-order chi connectivity index (χ1) is 19.8. The van der Waals surface area contributed by atoms with Gasteiger partial charge < -0.3 is 10.6 Å². The number of anilines is 2. The summed E-state index contributed by atoms with van der Waals surface area (Å²) in [6.45, 7) is 3.98. The van der Waals surface area contributed by atoms with E-state index in [-0.39, 0.29) is 29.5 Å². The van der Waals surface area contributed by atoms with E-state index >= 15 is 0 Å². The van der Waals surface area contributed by atoms with Gasteiger partial charge in [-0.25, -0.2) is 0 Å². The molecule has 3 aromatic carbocycles. The van der Waals surface area contributed by atoms with Crippen molar-refractivity contribution < 1.29 is 19.2 Å². The van der Waals surface area contributed by atoms with Crippen molar-refractivity contribution in [2.24, 2.45) is 5.92 Å². The van der Waals surface area contributed by atoms with Crippen LogP contribution in [-0.2, 0) is 19.8 Å². The maximum Gasteiger partial charge on any atom is 0.255 e. The van der Waals surface area contributed by atoms with E-state index in [9.17, 15) is 19.2 Å². The molecule has 7 heteroatoms. The van der Waals surface area contributed by atoms with Gasteiger partial charge in [-0.05, 0) is 91.3 Å². The summed E-state index contributed by atoms with van der Waals surface area (Å²) in [6.07, 6.45) is 6.72. The molecule has 1 heterocycles. The minimum absolute atomic E-state index is 0.0905. The van der Waals surface area contributed by atoms with Crippen LogP contribution in [0.25, 0.3) is 11.1 Å². The quantitative estimate of drug-likeness (QED) is 0.291. The van der Waals surface area contributed by atoms with Gasteiger partial charge in [0.15, 0.2) is 0 Å². The molecule has 1 aliphatic heterocycles. The second-order valence-electron chi connectivity index (χ2n) is 11.3. The summed E-state index contributed by atoms with van der Waals surface area (Å²) in [5.41, 5.74) is 5.08. The summed E-state index contributed by atoms with van der Waals surface area (Å²) in [5, 5.41) is 8.50. The molecule has 212 valence electrons. The Morgan fingerprint density at radius 3 is 2.22 bits per heavy atom. The summed E-state index contributed by atoms with van der Waals surface area (Å²) in [4.78, 5) is 50.0. The zero-order valence-electron chi connectivity index (χ0n) is 23.7. The number of hydrogen-bond donors (Lipinski definition) is 3. The van der Waals surface area contributed by atoms with Crippen molar-refractivity contribution in [3.05, 3.63) is 83.4 Å². The van der Waals surface area contributed by atoms with Gasteiger partial charge in [0.1, 0.15) is 0 Å². The first kappa shape index (κ1) is 28.3. The van der Waals surface area contributed by atoms with E-state index in [0.29, 0.717) is 30.5 Å². The Morgan fingerprint density at radius 1 is 0.878 bits per heavy atom. The van der Waals surface area contributed by atoms with Crippen LogP contribution in [-0.4, -0.2) is 23.6 Å². The average molecular weight is 552 g/mol. The lowest BCUT2D eigenvalue weighted by Gasteiger charge is -2.35. The number of rotatable bonds is 7. The molecule has 2 fully saturated rings. The minimum Gasteiger partial charge on any atom is -0.326 e. The first-order valence-corrected chi connectivity index (χ1v) is 14.6. The molecule has 1 aliphatic carbocycles. The fourth-order valence-corrected chi connectivity index (χ4v) is 6.06. The molecule has 0 radical (unpaired) electrons. The van der Waals surface area contributed by atoms with Crippen molar-refractivity contribution in [2.45, 2.75) is 70.6 Å². The number of nitrogens with one attached hydrogen (secondary N) is 3. The number of aryl methyl sites for hydroxylation is 1. The zero-order chi connectivity index (χ0) is 29.0. The van der Waals surface area contributed by atoms with Crippen LogP contribution in [0.4, 0.5) is 11.4 Å². The number of imide groups is 1. The topological polar surface area (TPSA) is 104 Å². The number of piperidine rings is 1. The van der Waals surface area contributed by atoms with E-state index in [1.807, 2.05) is 56.3 Å². The molecule has 4 amide bonds. The van der Waals surface area contributed by atoms with Crippen molar-refractivity contribution in [2.75, 3.05) is 10.6 Å². The van der Waals surface area contributed by atoms with Gasteiger partial charge >= 0.3 is 0 Å². The predicted octanol–water partition coefficient (Wildman–Crippen LogP) is 6.52. The van der Waals surface area contributed by atoms with Gasteiger partial charge in [0.05, 0.1) is 5.41 Å². The third-order valence-corrected chi connectivity index (χ3v) is 8.70. The molecular formula is C34H37N3O4. The number of amides is 4. The van der Waals surface area contributed by atoms with E-state index in [2.05, 4.69) is 16.0 Å². The lowest BCUT2D eigenvalue weighted by molar-refractivity contribution is -0.138. The minimum atomic E-state index is -0.736. The summed E-state index contributed by atoms with van der Waals surface area (Å²) >= 11 is 0. The van der Waals surface area contributed by atoms with Crippen LogP contribution >= 0.6 is 0 Å². The largest absolute Gasteiger partial charge is 0.326 e. The van der Waals surface area contributed by atoms with Crippen LogP contribution in [0.5, 0.6) is 0 Å². The molecule has 0 aromatic heterocycles. The third-order valence-electron chi connectivity index (χ3n) is 8.70. The molecule has 1 saturated heterocycles. The number of benzene rings is 3. The average Bonchev–Trinajstić information content (AvgIpc) is 2.99. The van der Waals surface area contributed by atoms with Crippen LogP contribution in [0.1, 0.15) is 79.8 Å². The number of carbonyl (C=O) groups is 4. The molecule has 3 aromatic rings. The summed E-state index contributed by atoms with van der Waals surface area (Å²) < 4.78 is 0. The first-order valence-electron chi connectivity index (χ1n) is 14.6. The van der Waals surface area contributed by atoms with E-state index in [0.717, 1.165) is 53.6 Å². The smallest absolute Gasteiger partial charge is 0.255 e. The second-order valence-corrected chi connectivity index (χ2v) is 11.3. The lowest BCUT2D eigenvalue weighted by atomic mass is 9.72. The SMILES string of the molecule is CCC1(c2ccc(NC(=O)c3ccc(-c4cc(NC(=O)C5CCCCC5)ccc4C)cc3)cc2)CCC(=O)NC1=O. The third kappa shape index (κ3) is 6.09. The highest BCUT2D eigenvalue weighted by molar-refractivity contribution is 6.05. The molecule has 5 rings (SSSR count). The highest BCUT2D eigenvalue weighted by Crippen LogP contribution is 2.36. The monoisotopic (exact) mass is 551 g/mol. The highest BCUT2D eigenvalue weighted by Gasteiger charge is 2.42. The Hall–Kier alpha value is -4.26. The van der Waals surface area contributed by atoms with Crippen molar-refractivity contribution in [1.29, 1.82) is 0 Å². The molecule has 0 spiro atoms. The van der Waals surface area contributed by atoms with Gasteiger partial charge in [-0.2, -0.15) is 0 Å². The number of hydrogen-bond acceptors (Lipinski definition) is 4. The normalized spacial score (nSPS) is 19.4. The van der Waals surface area contributed by atoms with Gasteiger partial charge in [-0.15, -0.1) is 0 Å². The summed E-state index contributed by atoms with van der Waals surface area (Å²) in [7, 11) is 0. The molecule has 2 aliphatic rings. The van der Waals surface area contributed by atoms with E-state index in [4.69, 9.17) is 0 Å². The Balaban J connectivity index is 1.25. The summed E-state index contributed by atoms with van der Waals surface area (Å²) in [6, 6.07) is 20.6. The Bertz CT molecular complexity index is 1460. The van der Waals surface area contributed by atoms with Gasteiger partial charge in [-0.3, -0.25) is 24.5 Å². The second kappa shape index (κ2) is 12.1. The zero-order valence-corrected chi connectivity index (χ0v) is 23.7. The predicted molar refractivity (Wildman–Crippen MR) is 161 cm³/mol. The van der Waals surface area contributed by atoms with Gasteiger partial charge in [0, 0.05) is 29.3 Å². The van der Waals surface area contributed by atoms with Crippen LogP contribution in [0.3, 0.4) is 0 Å². The van der Waals surface area contributed by atoms with Crippen molar-refractivity contribution >= 4 is 35.0 Å². The van der Waals surface area contributed by atoms with E-state index < -0.39 is 5.41 Å². The molecule has 1 saturated carbocycles. The fraction of sp³-hybridized carbons (Fsp3) is 0.353. The Labute approximate surface area is 241 Å². The number of carbonyl (C=O) groups excluding carboxylic acids is 4. The van der Waals surface area contributed by atoms with Crippen LogP contribution in [0.2, 0.25) is 0 Å².